The summed E-state index contributed by atoms with van der Waals surface area (Å²) >= 11 is 2.76. The van der Waals surface area contributed by atoms with E-state index in [0.717, 1.165) is 11.1 Å². The van der Waals surface area contributed by atoms with Gasteiger partial charge in [0.25, 0.3) is 5.56 Å². The molecule has 8 heteroatoms. The van der Waals surface area contributed by atoms with Crippen molar-refractivity contribution in [3.05, 3.63) is 58.7 Å². The van der Waals surface area contributed by atoms with Gasteiger partial charge < -0.3 is 9.64 Å². The number of hydrogen-bond donors (Lipinski definition) is 0. The van der Waals surface area contributed by atoms with Crippen LogP contribution in [0.5, 0.6) is 0 Å². The van der Waals surface area contributed by atoms with Crippen LogP contribution in [0.15, 0.2) is 58.3 Å². The van der Waals surface area contributed by atoms with Crippen LogP contribution >= 0.6 is 23.1 Å². The number of carbonyl (C=O) groups is 1. The molecule has 1 saturated heterocycles. The van der Waals surface area contributed by atoms with Gasteiger partial charge in [-0.05, 0) is 19.4 Å². The van der Waals surface area contributed by atoms with Gasteiger partial charge in [-0.2, -0.15) is 0 Å². The third kappa shape index (κ3) is 4.61. The van der Waals surface area contributed by atoms with Crippen molar-refractivity contribution in [3.63, 3.8) is 0 Å². The number of rotatable bonds is 6. The Hall–Kier alpha value is -2.42. The van der Waals surface area contributed by atoms with Gasteiger partial charge >= 0.3 is 0 Å². The molecule has 0 bridgehead atoms. The molecule has 2 atom stereocenters. The Bertz CT molecular complexity index is 1150. The third-order valence-corrected chi connectivity index (χ3v) is 6.99. The molecular weight excluding hydrogens is 430 g/mol. The normalized spacial score (nSPS) is 19.0. The highest BCUT2D eigenvalue weighted by Gasteiger charge is 2.26. The number of nitrogens with zero attached hydrogens (tertiary/aromatic N) is 3. The Labute approximate surface area is 189 Å². The molecular formula is C23H25N3O3S2. The number of fused-ring (bicyclic) bond motifs is 1. The second kappa shape index (κ2) is 9.38. The lowest BCUT2D eigenvalue weighted by Crippen LogP contribution is -2.48. The summed E-state index contributed by atoms with van der Waals surface area (Å²) in [5.74, 6) is 0.258. The molecule has 1 amide bonds. The number of benzene rings is 1. The Morgan fingerprint density at radius 3 is 2.68 bits per heavy atom. The minimum absolute atomic E-state index is 0.0219. The van der Waals surface area contributed by atoms with Crippen molar-refractivity contribution in [2.45, 2.75) is 37.8 Å². The molecule has 2 aromatic heterocycles. The summed E-state index contributed by atoms with van der Waals surface area (Å²) in [7, 11) is 0. The van der Waals surface area contributed by atoms with Crippen LogP contribution in [0, 0.1) is 0 Å². The SMILES string of the molecule is C=CCn1c(SCC(=O)N2CC(C)OC(C)C2)nc2scc(-c3ccccc3)c2c1=O. The van der Waals surface area contributed by atoms with Crippen molar-refractivity contribution in [1.82, 2.24) is 14.5 Å². The van der Waals surface area contributed by atoms with E-state index in [4.69, 9.17) is 9.72 Å². The largest absolute Gasteiger partial charge is 0.372 e. The fourth-order valence-electron chi connectivity index (χ4n) is 3.84. The molecule has 1 aromatic carbocycles. The predicted molar refractivity (Wildman–Crippen MR) is 127 cm³/mol. The van der Waals surface area contributed by atoms with Crippen molar-refractivity contribution in [2.75, 3.05) is 18.8 Å². The van der Waals surface area contributed by atoms with Crippen LogP contribution in [0.1, 0.15) is 13.8 Å². The van der Waals surface area contributed by atoms with E-state index in [0.29, 0.717) is 35.0 Å². The van der Waals surface area contributed by atoms with Crippen LogP contribution in [0.3, 0.4) is 0 Å². The number of thiophene rings is 1. The standard InChI is InChI=1S/C23H25N3O3S2/c1-4-10-26-22(28)20-18(17-8-6-5-7-9-17)13-30-21(20)24-23(26)31-14-19(27)25-11-15(2)29-16(3)12-25/h4-9,13,15-16H,1,10-12,14H2,2-3H3. The number of amides is 1. The van der Waals surface area contributed by atoms with Gasteiger partial charge in [-0.1, -0.05) is 48.2 Å². The molecule has 0 N–H and O–H groups in total. The molecule has 0 aliphatic carbocycles. The van der Waals surface area contributed by atoms with Gasteiger partial charge in [0, 0.05) is 30.6 Å². The lowest BCUT2D eigenvalue weighted by atomic mass is 10.1. The van der Waals surface area contributed by atoms with Crippen LogP contribution < -0.4 is 5.56 Å². The van der Waals surface area contributed by atoms with E-state index in [2.05, 4.69) is 6.58 Å². The van der Waals surface area contributed by atoms with E-state index in [9.17, 15) is 9.59 Å². The first-order valence-electron chi connectivity index (χ1n) is 10.2. The first-order valence-corrected chi connectivity index (χ1v) is 12.1. The molecule has 1 aliphatic rings. The van der Waals surface area contributed by atoms with E-state index in [-0.39, 0.29) is 29.4 Å². The number of hydrogen-bond acceptors (Lipinski definition) is 6. The molecule has 3 aromatic rings. The van der Waals surface area contributed by atoms with E-state index in [1.165, 1.54) is 23.1 Å². The molecule has 3 heterocycles. The number of allylic oxidation sites excluding steroid dienone is 1. The first kappa shape index (κ1) is 21.8. The zero-order valence-electron chi connectivity index (χ0n) is 17.6. The zero-order valence-corrected chi connectivity index (χ0v) is 19.2. The van der Waals surface area contributed by atoms with Crippen LogP contribution in [0.25, 0.3) is 21.3 Å². The molecule has 0 saturated carbocycles. The first-order chi connectivity index (χ1) is 15.0. The van der Waals surface area contributed by atoms with Gasteiger partial charge in [-0.15, -0.1) is 17.9 Å². The van der Waals surface area contributed by atoms with Gasteiger partial charge in [0.15, 0.2) is 5.16 Å². The monoisotopic (exact) mass is 455 g/mol. The van der Waals surface area contributed by atoms with Crippen molar-refractivity contribution >= 4 is 39.2 Å². The van der Waals surface area contributed by atoms with E-state index in [1.54, 1.807) is 10.6 Å². The molecule has 1 fully saturated rings. The van der Waals surface area contributed by atoms with Crippen molar-refractivity contribution in [3.8, 4) is 11.1 Å². The van der Waals surface area contributed by atoms with Crippen molar-refractivity contribution in [1.29, 1.82) is 0 Å². The molecule has 6 nitrogen and oxygen atoms in total. The Morgan fingerprint density at radius 2 is 2.00 bits per heavy atom. The summed E-state index contributed by atoms with van der Waals surface area (Å²) in [6, 6.07) is 9.85. The number of carbonyl (C=O) groups excluding carboxylic acids is 1. The Balaban J connectivity index is 1.63. The molecule has 0 radical (unpaired) electrons. The molecule has 1 aliphatic heterocycles. The second-order valence-electron chi connectivity index (χ2n) is 7.64. The van der Waals surface area contributed by atoms with Crippen LogP contribution in [0.2, 0.25) is 0 Å². The topological polar surface area (TPSA) is 64.4 Å². The van der Waals surface area contributed by atoms with Crippen LogP contribution in [0.4, 0.5) is 0 Å². The molecule has 2 unspecified atom stereocenters. The zero-order chi connectivity index (χ0) is 22.0. The van der Waals surface area contributed by atoms with Gasteiger partial charge in [0.2, 0.25) is 5.91 Å². The maximum Gasteiger partial charge on any atom is 0.263 e. The van der Waals surface area contributed by atoms with Crippen LogP contribution in [-0.2, 0) is 16.1 Å². The summed E-state index contributed by atoms with van der Waals surface area (Å²) in [6.45, 7) is 9.25. The highest BCUT2D eigenvalue weighted by Crippen LogP contribution is 2.32. The van der Waals surface area contributed by atoms with Crippen molar-refractivity contribution in [2.24, 2.45) is 0 Å². The van der Waals surface area contributed by atoms with Gasteiger partial charge in [-0.25, -0.2) is 4.98 Å². The molecule has 31 heavy (non-hydrogen) atoms. The van der Waals surface area contributed by atoms with Gasteiger partial charge in [0.1, 0.15) is 4.83 Å². The van der Waals surface area contributed by atoms with Gasteiger partial charge in [-0.3, -0.25) is 14.2 Å². The Morgan fingerprint density at radius 1 is 1.29 bits per heavy atom. The number of thioether (sulfide) groups is 1. The number of aromatic nitrogens is 2. The highest BCUT2D eigenvalue weighted by atomic mass is 32.2. The summed E-state index contributed by atoms with van der Waals surface area (Å²) in [6.07, 6.45) is 1.73. The molecule has 0 spiro atoms. The lowest BCUT2D eigenvalue weighted by Gasteiger charge is -2.35. The number of morpholine rings is 1. The fourth-order valence-corrected chi connectivity index (χ4v) is 5.74. The summed E-state index contributed by atoms with van der Waals surface area (Å²) in [5.41, 5.74) is 1.78. The average Bonchev–Trinajstić information content (AvgIpc) is 3.18. The maximum atomic E-state index is 13.4. The summed E-state index contributed by atoms with van der Waals surface area (Å²) in [5, 5.41) is 3.13. The summed E-state index contributed by atoms with van der Waals surface area (Å²) in [4.78, 5) is 33.4. The van der Waals surface area contributed by atoms with Gasteiger partial charge in [0.05, 0.1) is 23.3 Å². The van der Waals surface area contributed by atoms with Crippen LogP contribution in [-0.4, -0.2) is 51.4 Å². The Kier molecular flexibility index (Phi) is 6.60. The fraction of sp³-hybridized carbons (Fsp3) is 0.348. The predicted octanol–water partition coefficient (Wildman–Crippen LogP) is 4.04. The lowest BCUT2D eigenvalue weighted by molar-refractivity contribution is -0.140. The quantitative estimate of drug-likeness (QED) is 0.319. The minimum Gasteiger partial charge on any atom is -0.372 e. The molecule has 4 rings (SSSR count). The van der Waals surface area contributed by atoms with E-state index in [1.807, 2.05) is 54.5 Å². The van der Waals surface area contributed by atoms with E-state index >= 15 is 0 Å². The summed E-state index contributed by atoms with van der Waals surface area (Å²) < 4.78 is 7.32. The second-order valence-corrected chi connectivity index (χ2v) is 9.44. The van der Waals surface area contributed by atoms with Crippen molar-refractivity contribution < 1.29 is 9.53 Å². The maximum absolute atomic E-state index is 13.4. The van der Waals surface area contributed by atoms with E-state index < -0.39 is 0 Å². The molecule has 162 valence electrons. The third-order valence-electron chi connectivity index (χ3n) is 5.15. The smallest absolute Gasteiger partial charge is 0.263 e. The average molecular weight is 456 g/mol. The minimum atomic E-state index is -0.103. The highest BCUT2D eigenvalue weighted by molar-refractivity contribution is 7.99. The number of ether oxygens (including phenoxy) is 1.